The SMILES string of the molecule is Cc1ccc(NC(=O)Nc2ccc3c(c2)OCO3)nc1. The lowest BCUT2D eigenvalue weighted by atomic mass is 10.3. The van der Waals surface area contributed by atoms with Gasteiger partial charge < -0.3 is 14.8 Å². The Balaban J connectivity index is 1.65. The molecule has 6 nitrogen and oxygen atoms in total. The van der Waals surface area contributed by atoms with Crippen molar-refractivity contribution in [2.24, 2.45) is 0 Å². The Morgan fingerprint density at radius 1 is 1.15 bits per heavy atom. The summed E-state index contributed by atoms with van der Waals surface area (Å²) in [5.41, 5.74) is 1.66. The highest BCUT2D eigenvalue weighted by Gasteiger charge is 2.14. The van der Waals surface area contributed by atoms with Gasteiger partial charge >= 0.3 is 6.03 Å². The van der Waals surface area contributed by atoms with E-state index in [4.69, 9.17) is 9.47 Å². The van der Waals surface area contributed by atoms with Crippen LogP contribution in [0.2, 0.25) is 0 Å². The number of amides is 2. The first-order valence-corrected chi connectivity index (χ1v) is 6.11. The third kappa shape index (κ3) is 2.64. The molecule has 0 spiro atoms. The molecule has 0 unspecified atom stereocenters. The van der Waals surface area contributed by atoms with Gasteiger partial charge in [0.1, 0.15) is 5.82 Å². The highest BCUT2D eigenvalue weighted by Crippen LogP contribution is 2.34. The maximum absolute atomic E-state index is 11.8. The van der Waals surface area contributed by atoms with Gasteiger partial charge in [0.05, 0.1) is 0 Å². The van der Waals surface area contributed by atoms with E-state index < -0.39 is 0 Å². The molecule has 6 heteroatoms. The molecule has 1 aliphatic rings. The fraction of sp³-hybridized carbons (Fsp3) is 0.143. The Morgan fingerprint density at radius 2 is 2.00 bits per heavy atom. The fourth-order valence-corrected chi connectivity index (χ4v) is 1.79. The summed E-state index contributed by atoms with van der Waals surface area (Å²) < 4.78 is 10.5. The molecule has 2 heterocycles. The summed E-state index contributed by atoms with van der Waals surface area (Å²) in [6.45, 7) is 2.14. The Hall–Kier alpha value is -2.76. The zero-order valence-corrected chi connectivity index (χ0v) is 10.8. The molecule has 0 atom stereocenters. The highest BCUT2D eigenvalue weighted by atomic mass is 16.7. The summed E-state index contributed by atoms with van der Waals surface area (Å²) in [6, 6.07) is 8.47. The molecule has 1 aromatic carbocycles. The molecule has 0 aliphatic carbocycles. The monoisotopic (exact) mass is 271 g/mol. The third-order valence-electron chi connectivity index (χ3n) is 2.78. The first kappa shape index (κ1) is 12.3. The maximum atomic E-state index is 11.8. The van der Waals surface area contributed by atoms with Crippen LogP contribution in [0.1, 0.15) is 5.56 Å². The number of rotatable bonds is 2. The van der Waals surface area contributed by atoms with E-state index in [0.717, 1.165) is 5.56 Å². The molecule has 1 aromatic heterocycles. The van der Waals surface area contributed by atoms with Crippen LogP contribution in [0.25, 0.3) is 0 Å². The van der Waals surface area contributed by atoms with E-state index in [-0.39, 0.29) is 12.8 Å². The average Bonchev–Trinajstić information content (AvgIpc) is 2.89. The molecule has 2 amide bonds. The van der Waals surface area contributed by atoms with Gasteiger partial charge in [-0.2, -0.15) is 0 Å². The van der Waals surface area contributed by atoms with Gasteiger partial charge in [-0.05, 0) is 30.7 Å². The number of benzene rings is 1. The first-order valence-electron chi connectivity index (χ1n) is 6.11. The predicted molar refractivity (Wildman–Crippen MR) is 74.2 cm³/mol. The second kappa shape index (κ2) is 5.08. The Bertz CT molecular complexity index is 641. The van der Waals surface area contributed by atoms with Crippen LogP contribution in [0.4, 0.5) is 16.3 Å². The van der Waals surface area contributed by atoms with E-state index in [9.17, 15) is 4.79 Å². The molecule has 0 fully saturated rings. The topological polar surface area (TPSA) is 72.5 Å². The number of aromatic nitrogens is 1. The van der Waals surface area contributed by atoms with Gasteiger partial charge in [0.25, 0.3) is 0 Å². The van der Waals surface area contributed by atoms with E-state index in [0.29, 0.717) is 23.0 Å². The summed E-state index contributed by atoms with van der Waals surface area (Å²) in [5.74, 6) is 1.79. The van der Waals surface area contributed by atoms with Crippen molar-refractivity contribution in [3.8, 4) is 11.5 Å². The number of ether oxygens (including phenoxy) is 2. The number of carbonyl (C=O) groups excluding carboxylic acids is 1. The van der Waals surface area contributed by atoms with Crippen molar-refractivity contribution in [3.05, 3.63) is 42.1 Å². The minimum absolute atomic E-state index is 0.207. The van der Waals surface area contributed by atoms with Crippen molar-refractivity contribution in [3.63, 3.8) is 0 Å². The molecular weight excluding hydrogens is 258 g/mol. The summed E-state index contributed by atoms with van der Waals surface area (Å²) >= 11 is 0. The van der Waals surface area contributed by atoms with E-state index in [1.807, 2.05) is 13.0 Å². The van der Waals surface area contributed by atoms with Crippen molar-refractivity contribution >= 4 is 17.5 Å². The smallest absolute Gasteiger partial charge is 0.324 e. The average molecular weight is 271 g/mol. The number of nitrogens with zero attached hydrogens (tertiary/aromatic N) is 1. The van der Waals surface area contributed by atoms with Gasteiger partial charge in [-0.1, -0.05) is 6.07 Å². The first-order chi connectivity index (χ1) is 9.70. The molecular formula is C14H13N3O3. The van der Waals surface area contributed by atoms with Gasteiger partial charge in [0.2, 0.25) is 6.79 Å². The summed E-state index contributed by atoms with van der Waals surface area (Å²) in [4.78, 5) is 15.9. The third-order valence-corrected chi connectivity index (χ3v) is 2.78. The van der Waals surface area contributed by atoms with Crippen LogP contribution < -0.4 is 20.1 Å². The summed E-state index contributed by atoms with van der Waals surface area (Å²) in [7, 11) is 0. The van der Waals surface area contributed by atoms with Gasteiger partial charge in [-0.3, -0.25) is 5.32 Å². The van der Waals surface area contributed by atoms with Crippen molar-refractivity contribution in [1.82, 2.24) is 4.98 Å². The normalized spacial score (nSPS) is 12.1. The molecule has 0 bridgehead atoms. The van der Waals surface area contributed by atoms with Crippen LogP contribution in [0.3, 0.4) is 0 Å². The second-order valence-corrected chi connectivity index (χ2v) is 4.37. The Morgan fingerprint density at radius 3 is 2.80 bits per heavy atom. The van der Waals surface area contributed by atoms with Crippen LogP contribution in [0, 0.1) is 6.92 Å². The largest absolute Gasteiger partial charge is 0.454 e. The van der Waals surface area contributed by atoms with Crippen LogP contribution in [-0.4, -0.2) is 17.8 Å². The van der Waals surface area contributed by atoms with Crippen molar-refractivity contribution in [2.45, 2.75) is 6.92 Å². The number of hydrogen-bond acceptors (Lipinski definition) is 4. The van der Waals surface area contributed by atoms with Crippen LogP contribution in [0.15, 0.2) is 36.5 Å². The van der Waals surface area contributed by atoms with E-state index in [1.54, 1.807) is 30.5 Å². The van der Waals surface area contributed by atoms with Crippen molar-refractivity contribution in [2.75, 3.05) is 17.4 Å². The van der Waals surface area contributed by atoms with Crippen LogP contribution in [-0.2, 0) is 0 Å². The maximum Gasteiger partial charge on any atom is 0.324 e. The number of nitrogens with one attached hydrogen (secondary N) is 2. The lowest BCUT2D eigenvalue weighted by Crippen LogP contribution is -2.19. The van der Waals surface area contributed by atoms with Crippen LogP contribution in [0.5, 0.6) is 11.5 Å². The van der Waals surface area contributed by atoms with Gasteiger partial charge in [-0.15, -0.1) is 0 Å². The van der Waals surface area contributed by atoms with Crippen LogP contribution >= 0.6 is 0 Å². The van der Waals surface area contributed by atoms with E-state index >= 15 is 0 Å². The molecule has 102 valence electrons. The highest BCUT2D eigenvalue weighted by molar-refractivity contribution is 5.99. The van der Waals surface area contributed by atoms with Crippen molar-refractivity contribution in [1.29, 1.82) is 0 Å². The molecule has 0 radical (unpaired) electrons. The molecule has 3 rings (SSSR count). The molecule has 20 heavy (non-hydrogen) atoms. The van der Waals surface area contributed by atoms with Gasteiger partial charge in [-0.25, -0.2) is 9.78 Å². The molecule has 2 aromatic rings. The number of aryl methyl sites for hydroxylation is 1. The summed E-state index contributed by atoms with van der Waals surface area (Å²) in [5, 5.41) is 5.36. The van der Waals surface area contributed by atoms with Gasteiger partial charge in [0.15, 0.2) is 11.5 Å². The minimum atomic E-state index is -0.361. The van der Waals surface area contributed by atoms with E-state index in [1.165, 1.54) is 0 Å². The molecule has 2 N–H and O–H groups in total. The van der Waals surface area contributed by atoms with Crippen molar-refractivity contribution < 1.29 is 14.3 Å². The Labute approximate surface area is 115 Å². The number of pyridine rings is 1. The molecule has 0 saturated heterocycles. The second-order valence-electron chi connectivity index (χ2n) is 4.37. The number of fused-ring (bicyclic) bond motifs is 1. The molecule has 0 saturated carbocycles. The zero-order chi connectivity index (χ0) is 13.9. The Kier molecular flexibility index (Phi) is 3.12. The number of hydrogen-bond donors (Lipinski definition) is 2. The zero-order valence-electron chi connectivity index (χ0n) is 10.8. The lowest BCUT2D eigenvalue weighted by Gasteiger charge is -2.07. The summed E-state index contributed by atoms with van der Waals surface area (Å²) in [6.07, 6.45) is 1.69. The van der Waals surface area contributed by atoms with E-state index in [2.05, 4.69) is 15.6 Å². The standard InChI is InChI=1S/C14H13N3O3/c1-9-2-5-13(15-7-9)17-14(18)16-10-3-4-11-12(6-10)20-8-19-11/h2-7H,8H2,1H3,(H2,15,16,17,18). The van der Waals surface area contributed by atoms with Gasteiger partial charge in [0, 0.05) is 18.0 Å². The fourth-order valence-electron chi connectivity index (χ4n) is 1.79. The number of urea groups is 1. The minimum Gasteiger partial charge on any atom is -0.454 e. The quantitative estimate of drug-likeness (QED) is 0.881. The number of anilines is 2. The number of carbonyl (C=O) groups is 1. The lowest BCUT2D eigenvalue weighted by molar-refractivity contribution is 0.174. The predicted octanol–water partition coefficient (Wildman–Crippen LogP) is 2.76. The molecule has 1 aliphatic heterocycles.